The van der Waals surface area contributed by atoms with E-state index in [1.165, 1.54) is 4.90 Å². The van der Waals surface area contributed by atoms with Gasteiger partial charge < -0.3 is 4.90 Å². The molecule has 1 aromatic rings. The maximum Gasteiger partial charge on any atom is 0.261 e. The van der Waals surface area contributed by atoms with Gasteiger partial charge in [-0.2, -0.15) is 0 Å². The van der Waals surface area contributed by atoms with Gasteiger partial charge in [0.15, 0.2) is 0 Å². The van der Waals surface area contributed by atoms with Crippen molar-refractivity contribution in [2.45, 2.75) is 32.7 Å². The number of nitrogens with zero attached hydrogens (tertiary/aromatic N) is 2. The molecule has 1 saturated heterocycles. The lowest BCUT2D eigenvalue weighted by Gasteiger charge is -2.23. The van der Waals surface area contributed by atoms with Gasteiger partial charge in [0, 0.05) is 19.5 Å². The van der Waals surface area contributed by atoms with E-state index >= 15 is 0 Å². The quantitative estimate of drug-likeness (QED) is 0.801. The van der Waals surface area contributed by atoms with E-state index in [0.717, 1.165) is 0 Å². The summed E-state index contributed by atoms with van der Waals surface area (Å²) in [4.78, 5) is 40.1. The molecule has 5 heteroatoms. The number of fused-ring (bicyclic) bond motifs is 1. The highest BCUT2D eigenvalue weighted by molar-refractivity contribution is 6.21. The third-order valence-electron chi connectivity index (χ3n) is 4.29. The Labute approximate surface area is 129 Å². The molecule has 116 valence electrons. The zero-order valence-electron chi connectivity index (χ0n) is 12.9. The van der Waals surface area contributed by atoms with Gasteiger partial charge in [0.2, 0.25) is 5.91 Å². The number of hydrogen-bond acceptors (Lipinski definition) is 3. The molecule has 1 unspecified atom stereocenters. The first-order valence-corrected chi connectivity index (χ1v) is 7.73. The molecule has 1 atom stereocenters. The average molecular weight is 300 g/mol. The molecule has 3 rings (SSSR count). The third-order valence-corrected chi connectivity index (χ3v) is 4.29. The van der Waals surface area contributed by atoms with Gasteiger partial charge in [-0.3, -0.25) is 19.3 Å². The van der Waals surface area contributed by atoms with Gasteiger partial charge in [0.05, 0.1) is 17.2 Å². The number of benzene rings is 1. The summed E-state index contributed by atoms with van der Waals surface area (Å²) in [5, 5.41) is 0. The van der Waals surface area contributed by atoms with E-state index in [4.69, 9.17) is 0 Å². The summed E-state index contributed by atoms with van der Waals surface area (Å²) in [6.07, 6.45) is 1.17. The first kappa shape index (κ1) is 14.8. The molecule has 0 saturated carbocycles. The average Bonchev–Trinajstić information content (AvgIpc) is 3.04. The Morgan fingerprint density at radius 2 is 1.77 bits per heavy atom. The molecular weight excluding hydrogens is 280 g/mol. The molecule has 1 aromatic carbocycles. The van der Waals surface area contributed by atoms with Crippen molar-refractivity contribution in [3.63, 3.8) is 0 Å². The lowest BCUT2D eigenvalue weighted by atomic mass is 10.1. The van der Waals surface area contributed by atoms with Crippen molar-refractivity contribution in [3.8, 4) is 0 Å². The summed E-state index contributed by atoms with van der Waals surface area (Å²) in [7, 11) is 0. The predicted molar refractivity (Wildman–Crippen MR) is 81.4 cm³/mol. The molecule has 0 aliphatic carbocycles. The van der Waals surface area contributed by atoms with Crippen LogP contribution in [-0.4, -0.2) is 46.7 Å². The normalized spacial score (nSPS) is 21.0. The van der Waals surface area contributed by atoms with E-state index in [-0.39, 0.29) is 23.8 Å². The van der Waals surface area contributed by atoms with Crippen LogP contribution in [0.25, 0.3) is 0 Å². The third kappa shape index (κ3) is 2.40. The monoisotopic (exact) mass is 300 g/mol. The molecular formula is C17H20N2O3. The first-order chi connectivity index (χ1) is 10.5. The zero-order valence-corrected chi connectivity index (χ0v) is 12.9. The van der Waals surface area contributed by atoms with Gasteiger partial charge in [-0.25, -0.2) is 0 Å². The molecule has 0 spiro atoms. The molecule has 1 fully saturated rings. The standard InChI is InChI=1S/C17H20N2O3/c1-11(2)9-15(20)18-8-7-12(10-18)19-16(21)13-5-3-4-6-14(13)17(19)22/h3-6,11-12H,7-10H2,1-2H3. The van der Waals surface area contributed by atoms with Gasteiger partial charge in [0.1, 0.15) is 0 Å². The van der Waals surface area contributed by atoms with Gasteiger partial charge in [0.25, 0.3) is 11.8 Å². The van der Waals surface area contributed by atoms with Crippen LogP contribution in [0.3, 0.4) is 0 Å². The van der Waals surface area contributed by atoms with E-state index < -0.39 is 0 Å². The molecule has 0 N–H and O–H groups in total. The van der Waals surface area contributed by atoms with Crippen LogP contribution in [0.4, 0.5) is 0 Å². The highest BCUT2D eigenvalue weighted by Crippen LogP contribution is 2.28. The summed E-state index contributed by atoms with van der Waals surface area (Å²) >= 11 is 0. The van der Waals surface area contributed by atoms with E-state index in [2.05, 4.69) is 0 Å². The molecule has 3 amide bonds. The fourth-order valence-corrected chi connectivity index (χ4v) is 3.20. The van der Waals surface area contributed by atoms with Crippen LogP contribution in [0, 0.1) is 5.92 Å². The fraction of sp³-hybridized carbons (Fsp3) is 0.471. The summed E-state index contributed by atoms with van der Waals surface area (Å²) in [5.41, 5.74) is 0.943. The second-order valence-electron chi connectivity index (χ2n) is 6.41. The Hall–Kier alpha value is -2.17. The highest BCUT2D eigenvalue weighted by Gasteiger charge is 2.42. The van der Waals surface area contributed by atoms with Crippen LogP contribution in [0.15, 0.2) is 24.3 Å². The van der Waals surface area contributed by atoms with E-state index in [1.54, 1.807) is 29.2 Å². The SMILES string of the molecule is CC(C)CC(=O)N1CCC(N2C(=O)c3ccccc3C2=O)C1. The minimum absolute atomic E-state index is 0.106. The summed E-state index contributed by atoms with van der Waals surface area (Å²) < 4.78 is 0. The lowest BCUT2D eigenvalue weighted by molar-refractivity contribution is -0.131. The molecule has 5 nitrogen and oxygen atoms in total. The van der Waals surface area contributed by atoms with Crippen LogP contribution in [0.5, 0.6) is 0 Å². The number of carbonyl (C=O) groups is 3. The molecule has 0 radical (unpaired) electrons. The highest BCUT2D eigenvalue weighted by atomic mass is 16.2. The Morgan fingerprint density at radius 3 is 2.32 bits per heavy atom. The number of amides is 3. The zero-order chi connectivity index (χ0) is 15.9. The van der Waals surface area contributed by atoms with Crippen molar-refractivity contribution in [1.29, 1.82) is 0 Å². The van der Waals surface area contributed by atoms with E-state index in [0.29, 0.717) is 43.0 Å². The predicted octanol–water partition coefficient (Wildman–Crippen LogP) is 1.93. The topological polar surface area (TPSA) is 57.7 Å². The van der Waals surface area contributed by atoms with Crippen LogP contribution in [-0.2, 0) is 4.79 Å². The van der Waals surface area contributed by atoms with Crippen LogP contribution in [0.1, 0.15) is 47.4 Å². The maximum atomic E-state index is 12.5. The van der Waals surface area contributed by atoms with E-state index in [1.807, 2.05) is 13.8 Å². The molecule has 22 heavy (non-hydrogen) atoms. The number of carbonyl (C=O) groups excluding carboxylic acids is 3. The smallest absolute Gasteiger partial charge is 0.261 e. The van der Waals surface area contributed by atoms with Gasteiger partial charge >= 0.3 is 0 Å². The number of likely N-dealkylation sites (tertiary alicyclic amines) is 1. The van der Waals surface area contributed by atoms with Crippen molar-refractivity contribution >= 4 is 17.7 Å². The van der Waals surface area contributed by atoms with E-state index in [9.17, 15) is 14.4 Å². The second kappa shape index (κ2) is 5.55. The van der Waals surface area contributed by atoms with Crippen LogP contribution in [0.2, 0.25) is 0 Å². The molecule has 2 aliphatic heterocycles. The lowest BCUT2D eigenvalue weighted by Crippen LogP contribution is -2.42. The van der Waals surface area contributed by atoms with Gasteiger partial charge in [-0.1, -0.05) is 26.0 Å². The largest absolute Gasteiger partial charge is 0.341 e. The Morgan fingerprint density at radius 1 is 1.18 bits per heavy atom. The molecule has 0 bridgehead atoms. The summed E-state index contributed by atoms with van der Waals surface area (Å²) in [5.74, 6) is -0.0486. The molecule has 2 heterocycles. The number of rotatable bonds is 3. The Balaban J connectivity index is 1.74. The first-order valence-electron chi connectivity index (χ1n) is 7.73. The van der Waals surface area contributed by atoms with Crippen molar-refractivity contribution < 1.29 is 14.4 Å². The van der Waals surface area contributed by atoms with Crippen LogP contribution >= 0.6 is 0 Å². The minimum atomic E-state index is -0.233. The van der Waals surface area contributed by atoms with Crippen molar-refractivity contribution in [1.82, 2.24) is 9.80 Å². The van der Waals surface area contributed by atoms with Crippen molar-refractivity contribution in [3.05, 3.63) is 35.4 Å². The van der Waals surface area contributed by atoms with Gasteiger partial charge in [-0.05, 0) is 24.5 Å². The summed E-state index contributed by atoms with van der Waals surface area (Å²) in [6, 6.07) is 6.70. The number of imide groups is 1. The maximum absolute atomic E-state index is 12.5. The fourth-order valence-electron chi connectivity index (χ4n) is 3.20. The number of hydrogen-bond donors (Lipinski definition) is 0. The molecule has 0 aromatic heterocycles. The van der Waals surface area contributed by atoms with Gasteiger partial charge in [-0.15, -0.1) is 0 Å². The van der Waals surface area contributed by atoms with Crippen LogP contribution < -0.4 is 0 Å². The summed E-state index contributed by atoms with van der Waals surface area (Å²) in [6.45, 7) is 5.09. The minimum Gasteiger partial charge on any atom is -0.341 e. The Bertz CT molecular complexity index is 604. The van der Waals surface area contributed by atoms with Crippen molar-refractivity contribution in [2.75, 3.05) is 13.1 Å². The Kier molecular flexibility index (Phi) is 3.72. The molecule has 2 aliphatic rings. The van der Waals surface area contributed by atoms with Crippen molar-refractivity contribution in [2.24, 2.45) is 5.92 Å². The second-order valence-corrected chi connectivity index (χ2v) is 6.41.